The third-order valence-electron chi connectivity index (χ3n) is 3.98. The first-order chi connectivity index (χ1) is 12.9. The largest absolute Gasteiger partial charge is 0.436 e. The fourth-order valence-corrected chi connectivity index (χ4v) is 3.72. The second-order valence-corrected chi connectivity index (χ2v) is 7.96. The van der Waals surface area contributed by atoms with Gasteiger partial charge in [-0.2, -0.15) is 8.42 Å². The fraction of sp³-hybridized carbons (Fsp3) is 0.0500. The van der Waals surface area contributed by atoms with Gasteiger partial charge in [-0.3, -0.25) is 0 Å². The molecule has 0 aliphatic carbocycles. The molecule has 1 heterocycles. The van der Waals surface area contributed by atoms with Crippen LogP contribution in [0.5, 0.6) is 5.75 Å². The van der Waals surface area contributed by atoms with Crippen molar-refractivity contribution in [2.24, 2.45) is 0 Å². The van der Waals surface area contributed by atoms with Crippen molar-refractivity contribution in [2.45, 2.75) is 11.8 Å². The zero-order valence-electron chi connectivity index (χ0n) is 14.2. The number of benzene rings is 3. The molecule has 0 N–H and O–H groups in total. The Balaban J connectivity index is 1.75. The molecular formula is C20H14ClNO4S. The molecule has 0 amide bonds. The van der Waals surface area contributed by atoms with Crippen LogP contribution in [0, 0.1) is 6.92 Å². The molecule has 0 fully saturated rings. The summed E-state index contributed by atoms with van der Waals surface area (Å²) in [4.78, 5) is 4.47. The topological polar surface area (TPSA) is 69.4 Å². The predicted octanol–water partition coefficient (Wildman–Crippen LogP) is 5.22. The van der Waals surface area contributed by atoms with Gasteiger partial charge in [-0.15, -0.1) is 0 Å². The quantitative estimate of drug-likeness (QED) is 0.440. The summed E-state index contributed by atoms with van der Waals surface area (Å²) in [6, 6.07) is 18.2. The maximum atomic E-state index is 12.6. The molecular weight excluding hydrogens is 386 g/mol. The standard InChI is InChI=1S/C20H14ClNO4S/c1-13-6-9-15(10-7-13)27(23,24)26-18-5-3-2-4-16(18)20-22-17-12-14(21)8-11-19(17)25-20/h2-12H,1H3. The lowest BCUT2D eigenvalue weighted by atomic mass is 10.2. The molecule has 0 unspecified atom stereocenters. The van der Waals surface area contributed by atoms with Crippen molar-refractivity contribution in [3.63, 3.8) is 0 Å². The molecule has 5 nitrogen and oxygen atoms in total. The van der Waals surface area contributed by atoms with E-state index >= 15 is 0 Å². The second kappa shape index (κ2) is 6.72. The van der Waals surface area contributed by atoms with Crippen LogP contribution in [0.3, 0.4) is 0 Å². The summed E-state index contributed by atoms with van der Waals surface area (Å²) >= 11 is 5.99. The Hall–Kier alpha value is -2.83. The van der Waals surface area contributed by atoms with E-state index in [1.54, 1.807) is 54.6 Å². The van der Waals surface area contributed by atoms with E-state index in [4.69, 9.17) is 20.2 Å². The van der Waals surface area contributed by atoms with Gasteiger partial charge in [-0.05, 0) is 49.4 Å². The SMILES string of the molecule is Cc1ccc(S(=O)(=O)Oc2ccccc2-c2nc3cc(Cl)ccc3o2)cc1. The van der Waals surface area contributed by atoms with Crippen molar-refractivity contribution in [3.8, 4) is 17.2 Å². The van der Waals surface area contributed by atoms with Gasteiger partial charge in [0.25, 0.3) is 0 Å². The maximum Gasteiger partial charge on any atom is 0.339 e. The van der Waals surface area contributed by atoms with Gasteiger partial charge in [0.05, 0.1) is 5.56 Å². The van der Waals surface area contributed by atoms with Crippen molar-refractivity contribution in [3.05, 3.63) is 77.3 Å². The smallest absolute Gasteiger partial charge is 0.339 e. The van der Waals surface area contributed by atoms with Crippen LogP contribution in [-0.2, 0) is 10.1 Å². The first-order valence-corrected chi connectivity index (χ1v) is 9.88. The Morgan fingerprint density at radius 2 is 1.74 bits per heavy atom. The Bertz CT molecular complexity index is 1230. The van der Waals surface area contributed by atoms with Gasteiger partial charge >= 0.3 is 10.1 Å². The third-order valence-corrected chi connectivity index (χ3v) is 5.46. The van der Waals surface area contributed by atoms with E-state index in [9.17, 15) is 8.42 Å². The highest BCUT2D eigenvalue weighted by molar-refractivity contribution is 7.87. The van der Waals surface area contributed by atoms with E-state index in [2.05, 4.69) is 4.98 Å². The lowest BCUT2D eigenvalue weighted by Crippen LogP contribution is -2.10. The number of oxazole rings is 1. The van der Waals surface area contributed by atoms with E-state index in [0.717, 1.165) is 5.56 Å². The van der Waals surface area contributed by atoms with Crippen molar-refractivity contribution in [1.29, 1.82) is 0 Å². The number of para-hydroxylation sites is 1. The summed E-state index contributed by atoms with van der Waals surface area (Å²) in [5, 5.41) is 0.536. The molecule has 0 saturated carbocycles. The molecule has 4 rings (SSSR count). The van der Waals surface area contributed by atoms with Crippen LogP contribution in [0.25, 0.3) is 22.6 Å². The van der Waals surface area contributed by atoms with E-state index < -0.39 is 10.1 Å². The number of halogens is 1. The van der Waals surface area contributed by atoms with Crippen molar-refractivity contribution in [2.75, 3.05) is 0 Å². The van der Waals surface area contributed by atoms with Crippen LogP contribution in [0.15, 0.2) is 76.0 Å². The van der Waals surface area contributed by atoms with E-state index in [-0.39, 0.29) is 16.5 Å². The highest BCUT2D eigenvalue weighted by Gasteiger charge is 2.21. The highest BCUT2D eigenvalue weighted by Crippen LogP contribution is 2.34. The van der Waals surface area contributed by atoms with Crippen molar-refractivity contribution >= 4 is 32.8 Å². The Morgan fingerprint density at radius 1 is 1.00 bits per heavy atom. The molecule has 0 bridgehead atoms. The van der Waals surface area contributed by atoms with E-state index in [0.29, 0.717) is 21.7 Å². The van der Waals surface area contributed by atoms with E-state index in [1.165, 1.54) is 12.1 Å². The minimum Gasteiger partial charge on any atom is -0.436 e. The third kappa shape index (κ3) is 3.54. The zero-order valence-corrected chi connectivity index (χ0v) is 15.8. The number of fused-ring (bicyclic) bond motifs is 1. The molecule has 4 aromatic rings. The molecule has 0 aliphatic rings. The summed E-state index contributed by atoms with van der Waals surface area (Å²) in [5.74, 6) is 0.387. The summed E-state index contributed by atoms with van der Waals surface area (Å²) in [5.41, 5.74) is 2.51. The molecule has 0 aliphatic heterocycles. The average Bonchev–Trinajstić information content (AvgIpc) is 3.05. The van der Waals surface area contributed by atoms with Gasteiger partial charge in [0.1, 0.15) is 10.4 Å². The Kier molecular flexibility index (Phi) is 4.37. The van der Waals surface area contributed by atoms with Gasteiger partial charge in [-0.25, -0.2) is 4.98 Å². The molecule has 7 heteroatoms. The van der Waals surface area contributed by atoms with Gasteiger partial charge in [-0.1, -0.05) is 41.4 Å². The first-order valence-electron chi connectivity index (χ1n) is 8.09. The average molecular weight is 400 g/mol. The van der Waals surface area contributed by atoms with Gasteiger partial charge in [0, 0.05) is 5.02 Å². The summed E-state index contributed by atoms with van der Waals surface area (Å²) in [6.45, 7) is 1.88. The molecule has 136 valence electrons. The van der Waals surface area contributed by atoms with Crippen LogP contribution in [0.2, 0.25) is 5.02 Å². The molecule has 1 aromatic heterocycles. The Labute approximate surface area is 161 Å². The lowest BCUT2D eigenvalue weighted by molar-refractivity contribution is 0.485. The molecule has 0 spiro atoms. The minimum atomic E-state index is -3.99. The van der Waals surface area contributed by atoms with Crippen LogP contribution < -0.4 is 4.18 Å². The summed E-state index contributed by atoms with van der Waals surface area (Å²) in [6.07, 6.45) is 0. The van der Waals surface area contributed by atoms with Crippen LogP contribution in [-0.4, -0.2) is 13.4 Å². The summed E-state index contributed by atoms with van der Waals surface area (Å²) in [7, 11) is -3.99. The summed E-state index contributed by atoms with van der Waals surface area (Å²) < 4.78 is 36.4. The monoisotopic (exact) mass is 399 g/mol. The molecule has 0 radical (unpaired) electrons. The molecule has 3 aromatic carbocycles. The lowest BCUT2D eigenvalue weighted by Gasteiger charge is -2.09. The van der Waals surface area contributed by atoms with Crippen molar-refractivity contribution in [1.82, 2.24) is 4.98 Å². The predicted molar refractivity (Wildman–Crippen MR) is 103 cm³/mol. The number of aryl methyl sites for hydroxylation is 1. The number of nitrogens with zero attached hydrogens (tertiary/aromatic N) is 1. The zero-order chi connectivity index (χ0) is 19.0. The van der Waals surface area contributed by atoms with Crippen LogP contribution in [0.1, 0.15) is 5.56 Å². The fourth-order valence-electron chi connectivity index (χ4n) is 2.60. The highest BCUT2D eigenvalue weighted by atomic mass is 35.5. The normalized spacial score (nSPS) is 11.6. The molecule has 0 atom stereocenters. The number of rotatable bonds is 4. The number of hydrogen-bond acceptors (Lipinski definition) is 5. The maximum absolute atomic E-state index is 12.6. The number of aromatic nitrogens is 1. The minimum absolute atomic E-state index is 0.0762. The van der Waals surface area contributed by atoms with Crippen molar-refractivity contribution < 1.29 is 17.0 Å². The molecule has 27 heavy (non-hydrogen) atoms. The Morgan fingerprint density at radius 3 is 2.52 bits per heavy atom. The number of hydrogen-bond donors (Lipinski definition) is 0. The molecule has 0 saturated heterocycles. The first kappa shape index (κ1) is 17.6. The van der Waals surface area contributed by atoms with Crippen LogP contribution in [0.4, 0.5) is 0 Å². The van der Waals surface area contributed by atoms with E-state index in [1.807, 2.05) is 6.92 Å². The second-order valence-electron chi connectivity index (χ2n) is 5.98. The van der Waals surface area contributed by atoms with Gasteiger partial charge in [0.15, 0.2) is 11.3 Å². The van der Waals surface area contributed by atoms with Crippen LogP contribution >= 0.6 is 11.6 Å². The van der Waals surface area contributed by atoms with Gasteiger partial charge < -0.3 is 8.60 Å². The van der Waals surface area contributed by atoms with Gasteiger partial charge in [0.2, 0.25) is 5.89 Å².